The Balaban J connectivity index is 2.29. The van der Waals surface area contributed by atoms with Crippen LogP contribution in [0.3, 0.4) is 0 Å². The van der Waals surface area contributed by atoms with Crippen LogP contribution in [0.1, 0.15) is 22.4 Å². The van der Waals surface area contributed by atoms with Gasteiger partial charge < -0.3 is 10.1 Å². The standard InChI is InChI=1S/C17H19N3/c1-11-6-7-15(12(2)9-11)16-13(3)20-8-4-5-14(10-18)17(20)19-16/h4-9H,10,18H2,1-3H3. The highest BCUT2D eigenvalue weighted by Gasteiger charge is 2.13. The van der Waals surface area contributed by atoms with Gasteiger partial charge in [-0.3, -0.25) is 0 Å². The lowest BCUT2D eigenvalue weighted by molar-refractivity contribution is 1.03. The van der Waals surface area contributed by atoms with E-state index in [0.717, 1.165) is 22.6 Å². The van der Waals surface area contributed by atoms with Gasteiger partial charge in [-0.25, -0.2) is 4.98 Å². The molecule has 0 atom stereocenters. The molecule has 2 aromatic heterocycles. The summed E-state index contributed by atoms with van der Waals surface area (Å²) in [5.74, 6) is 0. The SMILES string of the molecule is Cc1ccc(-c2nc3c(CN)cccn3c2C)c(C)c1. The van der Waals surface area contributed by atoms with E-state index in [0.29, 0.717) is 6.54 Å². The van der Waals surface area contributed by atoms with Crippen LogP contribution in [0.4, 0.5) is 0 Å². The van der Waals surface area contributed by atoms with Crippen LogP contribution in [0.2, 0.25) is 0 Å². The Morgan fingerprint density at radius 2 is 1.95 bits per heavy atom. The average Bonchev–Trinajstić information content (AvgIpc) is 2.76. The van der Waals surface area contributed by atoms with Gasteiger partial charge in [0.25, 0.3) is 0 Å². The second-order valence-electron chi connectivity index (χ2n) is 5.30. The first-order valence-electron chi connectivity index (χ1n) is 6.86. The molecule has 2 N–H and O–H groups in total. The molecule has 0 bridgehead atoms. The van der Waals surface area contributed by atoms with Crippen LogP contribution in [-0.2, 0) is 6.54 Å². The molecular weight excluding hydrogens is 246 g/mol. The second kappa shape index (κ2) is 4.76. The third-order valence-corrected chi connectivity index (χ3v) is 3.83. The van der Waals surface area contributed by atoms with E-state index in [1.807, 2.05) is 18.3 Å². The van der Waals surface area contributed by atoms with Crippen molar-refractivity contribution in [3.05, 3.63) is 58.9 Å². The summed E-state index contributed by atoms with van der Waals surface area (Å²) in [6.45, 7) is 6.86. The van der Waals surface area contributed by atoms with Crippen molar-refractivity contribution in [2.24, 2.45) is 5.73 Å². The first-order valence-corrected chi connectivity index (χ1v) is 6.86. The van der Waals surface area contributed by atoms with Crippen molar-refractivity contribution in [3.63, 3.8) is 0 Å². The predicted octanol–water partition coefficient (Wildman–Crippen LogP) is 3.39. The lowest BCUT2D eigenvalue weighted by Gasteiger charge is -2.05. The van der Waals surface area contributed by atoms with E-state index in [2.05, 4.69) is 43.4 Å². The first kappa shape index (κ1) is 12.9. The fourth-order valence-corrected chi connectivity index (χ4v) is 2.74. The second-order valence-corrected chi connectivity index (χ2v) is 5.30. The Hall–Kier alpha value is -2.13. The number of rotatable bonds is 2. The molecule has 0 spiro atoms. The smallest absolute Gasteiger partial charge is 0.142 e. The van der Waals surface area contributed by atoms with Crippen LogP contribution < -0.4 is 5.73 Å². The Morgan fingerprint density at radius 3 is 2.65 bits per heavy atom. The molecule has 0 saturated carbocycles. The highest BCUT2D eigenvalue weighted by atomic mass is 15.0. The van der Waals surface area contributed by atoms with E-state index in [-0.39, 0.29) is 0 Å². The minimum atomic E-state index is 0.507. The molecule has 0 unspecified atom stereocenters. The highest BCUT2D eigenvalue weighted by Crippen LogP contribution is 2.28. The van der Waals surface area contributed by atoms with Crippen LogP contribution in [0.25, 0.3) is 16.9 Å². The third-order valence-electron chi connectivity index (χ3n) is 3.83. The van der Waals surface area contributed by atoms with Gasteiger partial charge in [0.05, 0.1) is 5.69 Å². The third kappa shape index (κ3) is 1.91. The molecule has 0 saturated heterocycles. The molecule has 102 valence electrons. The van der Waals surface area contributed by atoms with Crippen LogP contribution in [0.5, 0.6) is 0 Å². The fraction of sp³-hybridized carbons (Fsp3) is 0.235. The molecule has 3 aromatic rings. The summed E-state index contributed by atoms with van der Waals surface area (Å²) in [7, 11) is 0. The van der Waals surface area contributed by atoms with Gasteiger partial charge in [0, 0.05) is 29.6 Å². The lowest BCUT2D eigenvalue weighted by Crippen LogP contribution is -1.99. The number of aromatic nitrogens is 2. The van der Waals surface area contributed by atoms with E-state index >= 15 is 0 Å². The maximum atomic E-state index is 5.81. The van der Waals surface area contributed by atoms with Gasteiger partial charge >= 0.3 is 0 Å². The normalized spacial score (nSPS) is 11.2. The summed E-state index contributed by atoms with van der Waals surface area (Å²) in [5, 5.41) is 0. The summed E-state index contributed by atoms with van der Waals surface area (Å²) < 4.78 is 2.12. The number of aryl methyl sites for hydroxylation is 3. The van der Waals surface area contributed by atoms with Gasteiger partial charge in [-0.1, -0.05) is 29.8 Å². The maximum absolute atomic E-state index is 5.81. The van der Waals surface area contributed by atoms with Gasteiger partial charge in [0.15, 0.2) is 0 Å². The van der Waals surface area contributed by atoms with Crippen molar-refractivity contribution >= 4 is 5.65 Å². The summed E-state index contributed by atoms with van der Waals surface area (Å²) in [6, 6.07) is 10.5. The van der Waals surface area contributed by atoms with Crippen LogP contribution in [0, 0.1) is 20.8 Å². The van der Waals surface area contributed by atoms with E-state index < -0.39 is 0 Å². The molecule has 1 aromatic carbocycles. The summed E-state index contributed by atoms with van der Waals surface area (Å²) in [4.78, 5) is 4.83. The molecule has 0 fully saturated rings. The Labute approximate surface area is 119 Å². The van der Waals surface area contributed by atoms with Gasteiger partial charge in [-0.05, 0) is 32.4 Å². The molecule has 0 radical (unpaired) electrons. The zero-order chi connectivity index (χ0) is 14.3. The molecule has 0 aliphatic rings. The molecule has 3 rings (SSSR count). The van der Waals surface area contributed by atoms with Crippen LogP contribution in [0.15, 0.2) is 36.5 Å². The molecular formula is C17H19N3. The predicted molar refractivity (Wildman–Crippen MR) is 82.7 cm³/mol. The number of hydrogen-bond donors (Lipinski definition) is 1. The van der Waals surface area contributed by atoms with Crippen molar-refractivity contribution in [2.45, 2.75) is 27.3 Å². The summed E-state index contributed by atoms with van der Waals surface area (Å²) >= 11 is 0. The summed E-state index contributed by atoms with van der Waals surface area (Å²) in [5.41, 5.74) is 13.8. The first-order chi connectivity index (χ1) is 9.61. The highest BCUT2D eigenvalue weighted by molar-refractivity contribution is 5.70. The number of imidazole rings is 1. The van der Waals surface area contributed by atoms with Gasteiger partial charge in [0.1, 0.15) is 5.65 Å². The minimum absolute atomic E-state index is 0.507. The molecule has 2 heterocycles. The van der Waals surface area contributed by atoms with Crippen molar-refractivity contribution in [1.29, 1.82) is 0 Å². The lowest BCUT2D eigenvalue weighted by atomic mass is 10.0. The Bertz CT molecular complexity index is 784. The van der Waals surface area contributed by atoms with Gasteiger partial charge in [-0.15, -0.1) is 0 Å². The molecule has 3 nitrogen and oxygen atoms in total. The Morgan fingerprint density at radius 1 is 1.15 bits per heavy atom. The van der Waals surface area contributed by atoms with Crippen LogP contribution >= 0.6 is 0 Å². The Kier molecular flexibility index (Phi) is 3.07. The van der Waals surface area contributed by atoms with Crippen LogP contribution in [-0.4, -0.2) is 9.38 Å². The number of nitrogens with zero attached hydrogens (tertiary/aromatic N) is 2. The van der Waals surface area contributed by atoms with E-state index in [1.165, 1.54) is 16.7 Å². The maximum Gasteiger partial charge on any atom is 0.142 e. The number of hydrogen-bond acceptors (Lipinski definition) is 2. The summed E-state index contributed by atoms with van der Waals surface area (Å²) in [6.07, 6.45) is 2.05. The van der Waals surface area contributed by atoms with Gasteiger partial charge in [-0.2, -0.15) is 0 Å². The number of benzene rings is 1. The molecule has 3 heteroatoms. The number of pyridine rings is 1. The van der Waals surface area contributed by atoms with E-state index in [9.17, 15) is 0 Å². The topological polar surface area (TPSA) is 43.3 Å². The largest absolute Gasteiger partial charge is 0.326 e. The van der Waals surface area contributed by atoms with Gasteiger partial charge in [0.2, 0.25) is 0 Å². The quantitative estimate of drug-likeness (QED) is 0.772. The molecule has 0 aliphatic heterocycles. The average molecular weight is 265 g/mol. The van der Waals surface area contributed by atoms with E-state index in [1.54, 1.807) is 0 Å². The fourth-order valence-electron chi connectivity index (χ4n) is 2.74. The number of fused-ring (bicyclic) bond motifs is 1. The molecule has 0 aliphatic carbocycles. The van der Waals surface area contributed by atoms with Crippen molar-refractivity contribution in [2.75, 3.05) is 0 Å². The zero-order valence-electron chi connectivity index (χ0n) is 12.1. The monoisotopic (exact) mass is 265 g/mol. The zero-order valence-corrected chi connectivity index (χ0v) is 12.1. The van der Waals surface area contributed by atoms with Crippen molar-refractivity contribution in [1.82, 2.24) is 9.38 Å². The minimum Gasteiger partial charge on any atom is -0.326 e. The number of nitrogens with two attached hydrogens (primary N) is 1. The van der Waals surface area contributed by atoms with E-state index in [4.69, 9.17) is 10.7 Å². The molecule has 0 amide bonds. The molecule has 20 heavy (non-hydrogen) atoms. The van der Waals surface area contributed by atoms with Crippen molar-refractivity contribution in [3.8, 4) is 11.3 Å². The van der Waals surface area contributed by atoms with Crippen molar-refractivity contribution < 1.29 is 0 Å².